The Morgan fingerprint density at radius 1 is 1.21 bits per heavy atom. The third-order valence-corrected chi connectivity index (χ3v) is 4.56. The van der Waals surface area contributed by atoms with Crippen LogP contribution in [-0.4, -0.2) is 21.6 Å². The molecule has 0 aliphatic heterocycles. The maximum atomic E-state index is 13.6. The number of aromatic nitrogens is 3. The molecule has 4 rings (SSSR count). The molecule has 2 heterocycles. The van der Waals surface area contributed by atoms with E-state index in [0.29, 0.717) is 16.3 Å². The van der Waals surface area contributed by atoms with Gasteiger partial charge in [-0.3, -0.25) is 4.79 Å². The summed E-state index contributed by atoms with van der Waals surface area (Å²) in [5.41, 5.74) is 1.19. The number of hydrogen-bond acceptors (Lipinski definition) is 4. The minimum atomic E-state index is -0.695. The Labute approximate surface area is 168 Å². The van der Waals surface area contributed by atoms with Gasteiger partial charge in [-0.25, -0.2) is 8.78 Å². The molecule has 2 N–H and O–H groups in total. The first-order valence-electron chi connectivity index (χ1n) is 8.57. The Balaban J connectivity index is 1.80. The number of anilines is 2. The lowest BCUT2D eigenvalue weighted by Gasteiger charge is -2.16. The molecule has 0 fully saturated rings. The SMILES string of the molecule is COc1cn(Cc2cc(F)cc(F)c2)c(Nc2cc(Cl)cc3[nH]ccc23)nc1=O. The van der Waals surface area contributed by atoms with E-state index in [1.165, 1.54) is 30.0 Å². The van der Waals surface area contributed by atoms with Crippen molar-refractivity contribution in [3.63, 3.8) is 0 Å². The first kappa shape index (κ1) is 18.9. The zero-order valence-corrected chi connectivity index (χ0v) is 15.9. The molecule has 148 valence electrons. The van der Waals surface area contributed by atoms with Crippen molar-refractivity contribution >= 4 is 34.1 Å². The van der Waals surface area contributed by atoms with Crippen LogP contribution in [0.15, 0.2) is 53.6 Å². The Kier molecular flexibility index (Phi) is 4.94. The summed E-state index contributed by atoms with van der Waals surface area (Å²) < 4.78 is 33.8. The van der Waals surface area contributed by atoms with Crippen LogP contribution in [0.2, 0.25) is 5.02 Å². The van der Waals surface area contributed by atoms with Gasteiger partial charge in [0.15, 0.2) is 0 Å². The van der Waals surface area contributed by atoms with Crippen molar-refractivity contribution in [2.45, 2.75) is 6.54 Å². The summed E-state index contributed by atoms with van der Waals surface area (Å²) in [5.74, 6) is -1.21. The van der Waals surface area contributed by atoms with Gasteiger partial charge in [0.1, 0.15) is 11.6 Å². The number of nitrogens with one attached hydrogen (secondary N) is 2. The van der Waals surface area contributed by atoms with Crippen LogP contribution in [0.5, 0.6) is 5.75 Å². The summed E-state index contributed by atoms with van der Waals surface area (Å²) >= 11 is 6.18. The highest BCUT2D eigenvalue weighted by Gasteiger charge is 2.13. The summed E-state index contributed by atoms with van der Waals surface area (Å²) in [6, 6.07) is 8.53. The summed E-state index contributed by atoms with van der Waals surface area (Å²) in [6.45, 7) is 0.0531. The van der Waals surface area contributed by atoms with E-state index in [9.17, 15) is 13.6 Å². The predicted octanol–water partition coefficient (Wildman–Crippen LogP) is 4.46. The third-order valence-electron chi connectivity index (χ3n) is 4.34. The lowest BCUT2D eigenvalue weighted by Crippen LogP contribution is -2.19. The monoisotopic (exact) mass is 416 g/mol. The Morgan fingerprint density at radius 3 is 2.69 bits per heavy atom. The third kappa shape index (κ3) is 3.93. The number of benzene rings is 2. The fourth-order valence-electron chi connectivity index (χ4n) is 3.09. The largest absolute Gasteiger partial charge is 0.490 e. The van der Waals surface area contributed by atoms with Gasteiger partial charge in [-0.1, -0.05) is 11.6 Å². The molecule has 0 spiro atoms. The minimum absolute atomic E-state index is 0.00492. The van der Waals surface area contributed by atoms with E-state index >= 15 is 0 Å². The number of ether oxygens (including phenoxy) is 1. The molecule has 6 nitrogen and oxygen atoms in total. The highest BCUT2D eigenvalue weighted by Crippen LogP contribution is 2.29. The minimum Gasteiger partial charge on any atom is -0.490 e. The van der Waals surface area contributed by atoms with Crippen molar-refractivity contribution in [2.75, 3.05) is 12.4 Å². The van der Waals surface area contributed by atoms with E-state index in [4.69, 9.17) is 16.3 Å². The highest BCUT2D eigenvalue weighted by molar-refractivity contribution is 6.31. The Morgan fingerprint density at radius 2 is 1.97 bits per heavy atom. The van der Waals surface area contributed by atoms with Gasteiger partial charge < -0.3 is 19.6 Å². The predicted molar refractivity (Wildman–Crippen MR) is 107 cm³/mol. The van der Waals surface area contributed by atoms with E-state index in [1.807, 2.05) is 6.07 Å². The van der Waals surface area contributed by atoms with Crippen LogP contribution in [0.25, 0.3) is 10.9 Å². The Hall–Kier alpha value is -3.39. The maximum absolute atomic E-state index is 13.6. The molecule has 0 bridgehead atoms. The van der Waals surface area contributed by atoms with Gasteiger partial charge in [0.25, 0.3) is 0 Å². The number of hydrogen-bond donors (Lipinski definition) is 2. The number of nitrogens with zero attached hydrogens (tertiary/aromatic N) is 2. The van der Waals surface area contributed by atoms with Crippen molar-refractivity contribution in [1.82, 2.24) is 14.5 Å². The lowest BCUT2D eigenvalue weighted by atomic mass is 10.2. The van der Waals surface area contributed by atoms with Crippen molar-refractivity contribution < 1.29 is 13.5 Å². The fraction of sp³-hybridized carbons (Fsp3) is 0.100. The highest BCUT2D eigenvalue weighted by atomic mass is 35.5. The Bertz CT molecular complexity index is 1250. The van der Waals surface area contributed by atoms with Crippen molar-refractivity contribution in [2.24, 2.45) is 0 Å². The molecule has 0 radical (unpaired) electrons. The summed E-state index contributed by atoms with van der Waals surface area (Å²) in [6.07, 6.45) is 3.19. The quantitative estimate of drug-likeness (QED) is 0.504. The zero-order chi connectivity index (χ0) is 20.5. The van der Waals surface area contributed by atoms with Gasteiger partial charge in [0.05, 0.1) is 25.5 Å². The van der Waals surface area contributed by atoms with Crippen LogP contribution in [0.4, 0.5) is 20.4 Å². The van der Waals surface area contributed by atoms with Crippen LogP contribution < -0.4 is 15.6 Å². The first-order valence-corrected chi connectivity index (χ1v) is 8.95. The molecule has 2 aromatic carbocycles. The fourth-order valence-corrected chi connectivity index (χ4v) is 3.31. The summed E-state index contributed by atoms with van der Waals surface area (Å²) in [7, 11) is 1.35. The number of rotatable bonds is 5. The molecule has 4 aromatic rings. The van der Waals surface area contributed by atoms with E-state index in [0.717, 1.165) is 17.0 Å². The normalized spacial score (nSPS) is 11.0. The number of fused-ring (bicyclic) bond motifs is 1. The molecule has 2 aromatic heterocycles. The van der Waals surface area contributed by atoms with Crippen molar-refractivity contribution in [1.29, 1.82) is 0 Å². The second-order valence-corrected chi connectivity index (χ2v) is 6.80. The van der Waals surface area contributed by atoms with Gasteiger partial charge in [-0.05, 0) is 35.9 Å². The van der Waals surface area contributed by atoms with Crippen LogP contribution in [0.3, 0.4) is 0 Å². The van der Waals surface area contributed by atoms with Gasteiger partial charge in [-0.2, -0.15) is 4.98 Å². The molecular formula is C20H15ClF2N4O2. The van der Waals surface area contributed by atoms with Crippen LogP contribution in [0.1, 0.15) is 5.56 Å². The standard InChI is InChI=1S/C20H15ClF2N4O2/c1-29-18-10-27(9-11-4-13(22)8-14(23)5-11)20(26-19(18)28)25-17-7-12(21)6-16-15(17)2-3-24-16/h2-8,10,24H,9H2,1H3,(H,25,26,28). The van der Waals surface area contributed by atoms with Crippen LogP contribution in [0, 0.1) is 11.6 Å². The molecular weight excluding hydrogens is 402 g/mol. The van der Waals surface area contributed by atoms with E-state index < -0.39 is 17.2 Å². The van der Waals surface area contributed by atoms with E-state index in [2.05, 4.69) is 15.3 Å². The molecule has 0 aliphatic carbocycles. The van der Waals surface area contributed by atoms with E-state index in [1.54, 1.807) is 18.3 Å². The molecule has 0 aliphatic rings. The maximum Gasteiger partial charge on any atom is 0.316 e. The number of aromatic amines is 1. The number of halogens is 3. The molecule has 0 unspecified atom stereocenters. The van der Waals surface area contributed by atoms with Crippen LogP contribution >= 0.6 is 11.6 Å². The van der Waals surface area contributed by atoms with Crippen molar-refractivity contribution in [3.05, 3.63) is 81.4 Å². The first-order chi connectivity index (χ1) is 13.9. The van der Waals surface area contributed by atoms with Gasteiger partial charge >= 0.3 is 5.56 Å². The van der Waals surface area contributed by atoms with Crippen LogP contribution in [-0.2, 0) is 6.54 Å². The molecule has 0 atom stereocenters. The van der Waals surface area contributed by atoms with Crippen molar-refractivity contribution in [3.8, 4) is 5.75 Å². The smallest absolute Gasteiger partial charge is 0.316 e. The average Bonchev–Trinajstić information content (AvgIpc) is 3.11. The number of H-pyrrole nitrogens is 1. The topological polar surface area (TPSA) is 71.9 Å². The lowest BCUT2D eigenvalue weighted by molar-refractivity contribution is 0.402. The second kappa shape index (κ2) is 7.56. The van der Waals surface area contributed by atoms with Gasteiger partial charge in [0.2, 0.25) is 11.7 Å². The molecule has 0 amide bonds. The summed E-state index contributed by atoms with van der Waals surface area (Å²) in [5, 5.41) is 4.41. The molecule has 0 saturated carbocycles. The molecule has 0 saturated heterocycles. The molecule has 9 heteroatoms. The van der Waals surface area contributed by atoms with Gasteiger partial charge in [0, 0.05) is 28.2 Å². The van der Waals surface area contributed by atoms with Gasteiger partial charge in [-0.15, -0.1) is 0 Å². The summed E-state index contributed by atoms with van der Waals surface area (Å²) in [4.78, 5) is 19.3. The molecule has 29 heavy (non-hydrogen) atoms. The number of methoxy groups -OCH3 is 1. The van der Waals surface area contributed by atoms with E-state index in [-0.39, 0.29) is 18.2 Å². The second-order valence-electron chi connectivity index (χ2n) is 6.36. The zero-order valence-electron chi connectivity index (χ0n) is 15.2. The average molecular weight is 417 g/mol.